The fourth-order valence-corrected chi connectivity index (χ4v) is 2.50. The predicted octanol–water partition coefficient (Wildman–Crippen LogP) is 3.65. The maximum atomic E-state index is 5.86. The van der Waals surface area contributed by atoms with Crippen LogP contribution in [-0.2, 0) is 4.74 Å². The molecule has 0 heterocycles. The standard InChI is InChI=1S/C13H24O/c1-5-8-14-13-9-11(4)6-7-12(13)10(2)3/h5,10-13H,1,6-9H2,2-4H3/t11-,12+,13-/m1/s1. The summed E-state index contributed by atoms with van der Waals surface area (Å²) in [6.07, 6.45) is 6.27. The normalized spacial score (nSPS) is 33.3. The van der Waals surface area contributed by atoms with Crippen LogP contribution in [0.3, 0.4) is 0 Å². The van der Waals surface area contributed by atoms with Gasteiger partial charge in [-0.2, -0.15) is 0 Å². The van der Waals surface area contributed by atoms with Crippen molar-refractivity contribution >= 4 is 0 Å². The molecule has 0 bridgehead atoms. The molecule has 0 spiro atoms. The smallest absolute Gasteiger partial charge is 0.0648 e. The molecule has 1 saturated carbocycles. The number of hydrogen-bond donors (Lipinski definition) is 0. The molecule has 1 aliphatic carbocycles. The largest absolute Gasteiger partial charge is 0.374 e. The first-order chi connectivity index (χ1) is 6.65. The molecule has 0 aromatic rings. The molecule has 1 fully saturated rings. The van der Waals surface area contributed by atoms with E-state index in [-0.39, 0.29) is 0 Å². The summed E-state index contributed by atoms with van der Waals surface area (Å²) in [5, 5.41) is 0. The van der Waals surface area contributed by atoms with E-state index in [2.05, 4.69) is 27.4 Å². The lowest BCUT2D eigenvalue weighted by Crippen LogP contribution is -2.34. The highest BCUT2D eigenvalue weighted by Crippen LogP contribution is 2.35. The molecule has 1 rings (SSSR count). The van der Waals surface area contributed by atoms with Gasteiger partial charge < -0.3 is 4.74 Å². The summed E-state index contributed by atoms with van der Waals surface area (Å²) in [4.78, 5) is 0. The Hall–Kier alpha value is -0.300. The maximum Gasteiger partial charge on any atom is 0.0648 e. The van der Waals surface area contributed by atoms with Crippen molar-refractivity contribution in [2.45, 2.75) is 46.1 Å². The van der Waals surface area contributed by atoms with Gasteiger partial charge in [0.2, 0.25) is 0 Å². The van der Waals surface area contributed by atoms with Gasteiger partial charge in [-0.25, -0.2) is 0 Å². The zero-order chi connectivity index (χ0) is 10.6. The quantitative estimate of drug-likeness (QED) is 0.624. The third-order valence-electron chi connectivity index (χ3n) is 3.39. The summed E-state index contributed by atoms with van der Waals surface area (Å²) in [5.41, 5.74) is 0. The van der Waals surface area contributed by atoms with Gasteiger partial charge >= 0.3 is 0 Å². The van der Waals surface area contributed by atoms with Crippen LogP contribution < -0.4 is 0 Å². The first-order valence-corrected chi connectivity index (χ1v) is 5.87. The molecular weight excluding hydrogens is 172 g/mol. The third kappa shape index (κ3) is 3.13. The van der Waals surface area contributed by atoms with Crippen LogP contribution >= 0.6 is 0 Å². The summed E-state index contributed by atoms with van der Waals surface area (Å²) in [5.74, 6) is 2.34. The van der Waals surface area contributed by atoms with E-state index in [0.29, 0.717) is 12.7 Å². The summed E-state index contributed by atoms with van der Waals surface area (Å²) < 4.78 is 5.86. The third-order valence-corrected chi connectivity index (χ3v) is 3.39. The van der Waals surface area contributed by atoms with Crippen LogP contribution in [0.2, 0.25) is 0 Å². The second-order valence-corrected chi connectivity index (χ2v) is 4.99. The number of ether oxygens (including phenoxy) is 1. The van der Waals surface area contributed by atoms with Crippen LogP contribution in [0.15, 0.2) is 12.7 Å². The van der Waals surface area contributed by atoms with Gasteiger partial charge in [-0.15, -0.1) is 6.58 Å². The van der Waals surface area contributed by atoms with E-state index in [1.165, 1.54) is 19.3 Å². The van der Waals surface area contributed by atoms with Crippen molar-refractivity contribution in [3.63, 3.8) is 0 Å². The van der Waals surface area contributed by atoms with Crippen molar-refractivity contribution in [3.05, 3.63) is 12.7 Å². The van der Waals surface area contributed by atoms with Gasteiger partial charge in [0.15, 0.2) is 0 Å². The second kappa shape index (κ2) is 5.55. The van der Waals surface area contributed by atoms with Gasteiger partial charge in [-0.1, -0.05) is 33.3 Å². The summed E-state index contributed by atoms with van der Waals surface area (Å²) in [6, 6.07) is 0. The molecule has 0 amide bonds. The fourth-order valence-electron chi connectivity index (χ4n) is 2.50. The SMILES string of the molecule is C=CCO[C@@H]1C[C@H](C)CC[C@H]1C(C)C. The molecule has 14 heavy (non-hydrogen) atoms. The van der Waals surface area contributed by atoms with E-state index in [0.717, 1.165) is 17.8 Å². The first kappa shape index (κ1) is 11.8. The Bertz CT molecular complexity index is 174. The lowest BCUT2D eigenvalue weighted by molar-refractivity contribution is -0.0261. The van der Waals surface area contributed by atoms with Crippen LogP contribution in [0.5, 0.6) is 0 Å². The van der Waals surface area contributed by atoms with E-state index in [4.69, 9.17) is 4.74 Å². The Balaban J connectivity index is 2.49. The molecule has 1 aliphatic rings. The van der Waals surface area contributed by atoms with Gasteiger partial charge in [-0.3, -0.25) is 0 Å². The first-order valence-electron chi connectivity index (χ1n) is 5.87. The summed E-state index contributed by atoms with van der Waals surface area (Å²) >= 11 is 0. The second-order valence-electron chi connectivity index (χ2n) is 4.99. The topological polar surface area (TPSA) is 9.23 Å². The molecule has 1 nitrogen and oxygen atoms in total. The molecule has 3 atom stereocenters. The fraction of sp³-hybridized carbons (Fsp3) is 0.846. The Kier molecular flexibility index (Phi) is 4.67. The summed E-state index contributed by atoms with van der Waals surface area (Å²) in [7, 11) is 0. The van der Waals surface area contributed by atoms with Crippen molar-refractivity contribution in [1.82, 2.24) is 0 Å². The average molecular weight is 196 g/mol. The lowest BCUT2D eigenvalue weighted by atomic mass is 9.75. The Labute approximate surface area is 88.5 Å². The molecule has 0 N–H and O–H groups in total. The molecule has 82 valence electrons. The highest BCUT2D eigenvalue weighted by atomic mass is 16.5. The van der Waals surface area contributed by atoms with E-state index in [1.807, 2.05) is 6.08 Å². The van der Waals surface area contributed by atoms with E-state index in [9.17, 15) is 0 Å². The molecule has 1 heteroatoms. The van der Waals surface area contributed by atoms with Gasteiger partial charge in [0, 0.05) is 0 Å². The minimum atomic E-state index is 0.469. The molecule has 0 aromatic carbocycles. The van der Waals surface area contributed by atoms with Crippen molar-refractivity contribution in [3.8, 4) is 0 Å². The number of rotatable bonds is 4. The van der Waals surface area contributed by atoms with E-state index in [1.54, 1.807) is 0 Å². The van der Waals surface area contributed by atoms with Crippen LogP contribution in [0.1, 0.15) is 40.0 Å². The zero-order valence-electron chi connectivity index (χ0n) is 9.83. The van der Waals surface area contributed by atoms with E-state index < -0.39 is 0 Å². The highest BCUT2D eigenvalue weighted by Gasteiger charge is 2.30. The minimum Gasteiger partial charge on any atom is -0.374 e. The Morgan fingerprint density at radius 2 is 2.14 bits per heavy atom. The van der Waals surface area contributed by atoms with Gasteiger partial charge in [0.25, 0.3) is 0 Å². The molecule has 0 aliphatic heterocycles. The van der Waals surface area contributed by atoms with E-state index >= 15 is 0 Å². The van der Waals surface area contributed by atoms with Crippen LogP contribution in [0.25, 0.3) is 0 Å². The van der Waals surface area contributed by atoms with Gasteiger partial charge in [0.1, 0.15) is 0 Å². The van der Waals surface area contributed by atoms with Crippen molar-refractivity contribution in [1.29, 1.82) is 0 Å². The minimum absolute atomic E-state index is 0.469. The molecular formula is C13H24O. The van der Waals surface area contributed by atoms with Crippen molar-refractivity contribution in [2.75, 3.05) is 6.61 Å². The van der Waals surface area contributed by atoms with Crippen LogP contribution in [-0.4, -0.2) is 12.7 Å². The highest BCUT2D eigenvalue weighted by molar-refractivity contribution is 4.82. The zero-order valence-corrected chi connectivity index (χ0v) is 9.83. The molecule has 0 aromatic heterocycles. The molecule has 0 saturated heterocycles. The average Bonchev–Trinajstić information content (AvgIpc) is 2.14. The molecule has 0 unspecified atom stereocenters. The monoisotopic (exact) mass is 196 g/mol. The van der Waals surface area contributed by atoms with Crippen molar-refractivity contribution in [2.24, 2.45) is 17.8 Å². The Morgan fingerprint density at radius 3 is 2.71 bits per heavy atom. The predicted molar refractivity (Wildman–Crippen MR) is 61.3 cm³/mol. The Morgan fingerprint density at radius 1 is 1.43 bits per heavy atom. The maximum absolute atomic E-state index is 5.86. The molecule has 0 radical (unpaired) electrons. The summed E-state index contributed by atoms with van der Waals surface area (Å²) in [6.45, 7) is 11.4. The van der Waals surface area contributed by atoms with Crippen LogP contribution in [0.4, 0.5) is 0 Å². The van der Waals surface area contributed by atoms with Gasteiger partial charge in [-0.05, 0) is 30.6 Å². The van der Waals surface area contributed by atoms with Gasteiger partial charge in [0.05, 0.1) is 12.7 Å². The van der Waals surface area contributed by atoms with Crippen LogP contribution in [0, 0.1) is 17.8 Å². The number of hydrogen-bond acceptors (Lipinski definition) is 1. The lowest BCUT2D eigenvalue weighted by Gasteiger charge is -2.36. The van der Waals surface area contributed by atoms with Crippen molar-refractivity contribution < 1.29 is 4.74 Å².